The van der Waals surface area contributed by atoms with Gasteiger partial charge in [-0.3, -0.25) is 4.79 Å². The minimum atomic E-state index is -0.241. The summed E-state index contributed by atoms with van der Waals surface area (Å²) < 4.78 is 0. The predicted molar refractivity (Wildman–Crippen MR) is 69.1 cm³/mol. The van der Waals surface area contributed by atoms with E-state index in [4.69, 9.17) is 11.0 Å². The molecule has 0 aliphatic rings. The topological polar surface area (TPSA) is 85.9 Å². The third-order valence-electron chi connectivity index (χ3n) is 2.63. The minimum Gasteiger partial charge on any atom is -0.397 e. The van der Waals surface area contributed by atoms with Gasteiger partial charge in [-0.25, -0.2) is 0 Å². The van der Waals surface area contributed by atoms with E-state index in [2.05, 4.69) is 11.1 Å². The maximum atomic E-state index is 12.2. The Morgan fingerprint density at radius 3 is 2.78 bits per heavy atom. The van der Waals surface area contributed by atoms with Gasteiger partial charge in [-0.15, -0.1) is 0 Å². The van der Waals surface area contributed by atoms with Gasteiger partial charge in [-0.1, -0.05) is 12.1 Å². The van der Waals surface area contributed by atoms with Crippen LogP contribution in [0.5, 0.6) is 0 Å². The molecule has 1 heterocycles. The van der Waals surface area contributed by atoms with Gasteiger partial charge in [0.1, 0.15) is 11.8 Å². The van der Waals surface area contributed by atoms with Crippen LogP contribution in [0.3, 0.4) is 0 Å². The second-order valence-electron chi connectivity index (χ2n) is 3.84. The number of carbonyl (C=O) groups excluding carboxylic acids is 1. The van der Waals surface area contributed by atoms with E-state index in [9.17, 15) is 4.79 Å². The fourth-order valence-corrected chi connectivity index (χ4v) is 1.69. The van der Waals surface area contributed by atoms with Crippen molar-refractivity contribution >= 4 is 17.3 Å². The van der Waals surface area contributed by atoms with Gasteiger partial charge in [0.15, 0.2) is 0 Å². The quantitative estimate of drug-likeness (QED) is 0.838. The zero-order chi connectivity index (χ0) is 13.1. The summed E-state index contributed by atoms with van der Waals surface area (Å²) in [5, 5.41) is 9.01. The molecule has 0 atom stereocenters. The van der Waals surface area contributed by atoms with Gasteiger partial charge >= 0.3 is 0 Å². The summed E-state index contributed by atoms with van der Waals surface area (Å²) in [7, 11) is 1.62. The van der Waals surface area contributed by atoms with E-state index < -0.39 is 0 Å². The summed E-state index contributed by atoms with van der Waals surface area (Å²) in [6.07, 6.45) is 1.55. The van der Waals surface area contributed by atoms with Crippen LogP contribution in [0.2, 0.25) is 0 Å². The van der Waals surface area contributed by atoms with Gasteiger partial charge in [0.05, 0.1) is 11.3 Å². The van der Waals surface area contributed by atoms with E-state index in [0.717, 1.165) is 0 Å². The summed E-state index contributed by atoms with van der Waals surface area (Å²) in [6, 6.07) is 10.6. The third-order valence-corrected chi connectivity index (χ3v) is 2.63. The second kappa shape index (κ2) is 4.63. The average Bonchev–Trinajstić information content (AvgIpc) is 2.83. The molecule has 18 heavy (non-hydrogen) atoms. The number of nitrogen functional groups attached to an aromatic ring is 1. The molecule has 0 saturated carbocycles. The van der Waals surface area contributed by atoms with E-state index in [1.54, 1.807) is 43.6 Å². The molecular weight excluding hydrogens is 228 g/mol. The number of para-hydroxylation sites is 1. The smallest absolute Gasteiger partial charge is 0.274 e. The van der Waals surface area contributed by atoms with Gasteiger partial charge < -0.3 is 15.6 Å². The monoisotopic (exact) mass is 240 g/mol. The van der Waals surface area contributed by atoms with Crippen molar-refractivity contribution in [1.82, 2.24) is 4.98 Å². The first-order valence-corrected chi connectivity index (χ1v) is 5.34. The molecule has 0 bridgehead atoms. The van der Waals surface area contributed by atoms with Crippen molar-refractivity contribution in [3.8, 4) is 6.07 Å². The Hall–Kier alpha value is -2.74. The lowest BCUT2D eigenvalue weighted by Gasteiger charge is -2.17. The SMILES string of the molecule is CN(C(=O)c1cc(N)c[nH]1)c1ccccc1C#N. The number of carbonyl (C=O) groups is 1. The zero-order valence-corrected chi connectivity index (χ0v) is 9.84. The molecule has 1 amide bonds. The van der Waals surface area contributed by atoms with Crippen LogP contribution in [-0.2, 0) is 0 Å². The zero-order valence-electron chi connectivity index (χ0n) is 9.84. The van der Waals surface area contributed by atoms with Crippen LogP contribution in [0.4, 0.5) is 11.4 Å². The highest BCUT2D eigenvalue weighted by Crippen LogP contribution is 2.20. The number of hydrogen-bond acceptors (Lipinski definition) is 3. The maximum absolute atomic E-state index is 12.2. The van der Waals surface area contributed by atoms with Crippen LogP contribution in [0.1, 0.15) is 16.1 Å². The molecule has 3 N–H and O–H groups in total. The lowest BCUT2D eigenvalue weighted by atomic mass is 10.1. The van der Waals surface area contributed by atoms with Crippen LogP contribution in [0, 0.1) is 11.3 Å². The first kappa shape index (κ1) is 11.7. The molecule has 5 heteroatoms. The Morgan fingerprint density at radius 2 is 2.17 bits per heavy atom. The number of nitriles is 1. The highest BCUT2D eigenvalue weighted by atomic mass is 16.2. The Balaban J connectivity index is 2.34. The molecular formula is C13H12N4O. The van der Waals surface area contributed by atoms with Crippen LogP contribution in [0.15, 0.2) is 36.5 Å². The Kier molecular flexibility index (Phi) is 3.02. The van der Waals surface area contributed by atoms with Crippen molar-refractivity contribution in [3.63, 3.8) is 0 Å². The second-order valence-corrected chi connectivity index (χ2v) is 3.84. The van der Waals surface area contributed by atoms with Crippen molar-refractivity contribution in [2.75, 3.05) is 17.7 Å². The minimum absolute atomic E-state index is 0.241. The lowest BCUT2D eigenvalue weighted by molar-refractivity contribution is 0.0989. The molecule has 0 saturated heterocycles. The van der Waals surface area contributed by atoms with E-state index in [0.29, 0.717) is 22.6 Å². The number of nitrogens with zero attached hydrogens (tertiary/aromatic N) is 2. The summed E-state index contributed by atoms with van der Waals surface area (Å²) in [5.41, 5.74) is 7.47. The normalized spacial score (nSPS) is 9.78. The number of hydrogen-bond donors (Lipinski definition) is 2. The number of aromatic amines is 1. The van der Waals surface area contributed by atoms with Gasteiger partial charge in [-0.2, -0.15) is 5.26 Å². The molecule has 0 spiro atoms. The van der Waals surface area contributed by atoms with Gasteiger partial charge in [0.2, 0.25) is 0 Å². The fraction of sp³-hybridized carbons (Fsp3) is 0.0769. The first-order valence-electron chi connectivity index (χ1n) is 5.34. The summed E-state index contributed by atoms with van der Waals surface area (Å²) in [6.45, 7) is 0. The largest absolute Gasteiger partial charge is 0.397 e. The van der Waals surface area contributed by atoms with E-state index in [1.807, 2.05) is 0 Å². The molecule has 2 aromatic rings. The Morgan fingerprint density at radius 1 is 1.44 bits per heavy atom. The molecule has 0 radical (unpaired) electrons. The molecule has 0 aliphatic heterocycles. The Bertz CT molecular complexity index is 624. The molecule has 5 nitrogen and oxygen atoms in total. The van der Waals surface area contributed by atoms with E-state index in [1.165, 1.54) is 4.90 Å². The van der Waals surface area contributed by atoms with Crippen molar-refractivity contribution in [2.45, 2.75) is 0 Å². The predicted octanol–water partition coefficient (Wildman–Crippen LogP) is 1.75. The van der Waals surface area contributed by atoms with Crippen LogP contribution < -0.4 is 10.6 Å². The first-order chi connectivity index (χ1) is 8.63. The molecule has 0 fully saturated rings. The van der Waals surface area contributed by atoms with Crippen LogP contribution in [-0.4, -0.2) is 17.9 Å². The number of anilines is 2. The third kappa shape index (κ3) is 2.04. The summed E-state index contributed by atoms with van der Waals surface area (Å²) in [5.74, 6) is -0.241. The molecule has 0 aliphatic carbocycles. The van der Waals surface area contributed by atoms with E-state index >= 15 is 0 Å². The Labute approximate surface area is 104 Å². The number of benzene rings is 1. The molecule has 0 unspecified atom stereocenters. The van der Waals surface area contributed by atoms with Crippen LogP contribution >= 0.6 is 0 Å². The van der Waals surface area contributed by atoms with Gasteiger partial charge in [-0.05, 0) is 18.2 Å². The standard InChI is InChI=1S/C13H12N4O/c1-17(12-5-3-2-4-9(12)7-14)13(18)11-6-10(15)8-16-11/h2-6,8,16H,15H2,1H3. The fourth-order valence-electron chi connectivity index (χ4n) is 1.69. The molecule has 1 aromatic heterocycles. The number of nitrogens with one attached hydrogen (secondary N) is 1. The maximum Gasteiger partial charge on any atom is 0.274 e. The van der Waals surface area contributed by atoms with Gasteiger partial charge in [0, 0.05) is 18.9 Å². The average molecular weight is 240 g/mol. The van der Waals surface area contributed by atoms with E-state index in [-0.39, 0.29) is 5.91 Å². The number of H-pyrrole nitrogens is 1. The van der Waals surface area contributed by atoms with Gasteiger partial charge in [0.25, 0.3) is 5.91 Å². The molecule has 2 rings (SSSR count). The van der Waals surface area contributed by atoms with Crippen LogP contribution in [0.25, 0.3) is 0 Å². The number of aromatic nitrogens is 1. The summed E-state index contributed by atoms with van der Waals surface area (Å²) >= 11 is 0. The van der Waals surface area contributed by atoms with Crippen molar-refractivity contribution in [2.24, 2.45) is 0 Å². The highest BCUT2D eigenvalue weighted by molar-refractivity contribution is 6.05. The van der Waals surface area contributed by atoms with Crippen molar-refractivity contribution in [3.05, 3.63) is 47.8 Å². The number of rotatable bonds is 2. The molecule has 90 valence electrons. The lowest BCUT2D eigenvalue weighted by Crippen LogP contribution is -2.27. The van der Waals surface area contributed by atoms with Crippen molar-refractivity contribution in [1.29, 1.82) is 5.26 Å². The van der Waals surface area contributed by atoms with Crippen molar-refractivity contribution < 1.29 is 4.79 Å². The summed E-state index contributed by atoms with van der Waals surface area (Å²) in [4.78, 5) is 16.4. The molecule has 1 aromatic carbocycles. The number of nitrogens with two attached hydrogens (primary N) is 1. The highest BCUT2D eigenvalue weighted by Gasteiger charge is 2.17. The number of amides is 1.